The Kier molecular flexibility index (Phi) is 4.64. The van der Waals surface area contributed by atoms with Crippen LogP contribution in [0.1, 0.15) is 0 Å². The Balaban J connectivity index is 3.36. The van der Waals surface area contributed by atoms with Gasteiger partial charge >= 0.3 is 0 Å². The van der Waals surface area contributed by atoms with Crippen LogP contribution in [0.2, 0.25) is 0 Å². The molecule has 6 nitrogen and oxygen atoms in total. The van der Waals surface area contributed by atoms with E-state index >= 15 is 0 Å². The molecular weight excluding hydrogens is 144 g/mol. The number of nitrogens with zero attached hydrogens (tertiary/aromatic N) is 2. The van der Waals surface area contributed by atoms with Gasteiger partial charge in [0.15, 0.2) is 11.1 Å². The zero-order valence-electron chi connectivity index (χ0n) is 4.39. The van der Waals surface area contributed by atoms with Gasteiger partial charge in [0.25, 0.3) is 0 Å². The molecule has 0 aromatic heterocycles. The average molecular weight is 150 g/mol. The Morgan fingerprint density at radius 3 is 2.89 bits per heavy atom. The highest BCUT2D eigenvalue weighted by Gasteiger charge is 1.77. The van der Waals surface area contributed by atoms with Crippen molar-refractivity contribution in [2.45, 2.75) is 0 Å². The number of hydrogen-bond donors (Lipinski definition) is 3. The first-order valence-electron chi connectivity index (χ1n) is 1.87. The van der Waals surface area contributed by atoms with Gasteiger partial charge in [-0.25, -0.2) is 4.21 Å². The molecule has 0 heterocycles. The predicted molar refractivity (Wildman–Crippen MR) is 35.1 cm³/mol. The molecule has 0 aliphatic carbocycles. The van der Waals surface area contributed by atoms with Gasteiger partial charge in [-0.05, 0) is 0 Å². The lowest BCUT2D eigenvalue weighted by Crippen LogP contribution is -2.04. The summed E-state index contributed by atoms with van der Waals surface area (Å²) in [7, 11) is 0. The molecule has 0 aromatic carbocycles. The first-order chi connectivity index (χ1) is 4.27. The van der Waals surface area contributed by atoms with Crippen molar-refractivity contribution in [3.63, 3.8) is 0 Å². The van der Waals surface area contributed by atoms with Gasteiger partial charge < -0.3 is 10.4 Å². The summed E-state index contributed by atoms with van der Waals surface area (Å²) in [5.74, 6) is 4.64. The van der Waals surface area contributed by atoms with Gasteiger partial charge in [-0.1, -0.05) is 0 Å². The fraction of sp³-hybridized carbons (Fsp3) is 0. The van der Waals surface area contributed by atoms with Crippen LogP contribution in [-0.2, 0) is 11.1 Å². The van der Waals surface area contributed by atoms with Crippen molar-refractivity contribution in [3.05, 3.63) is 0 Å². The topological polar surface area (TPSA) is 100 Å². The molecule has 0 spiro atoms. The minimum atomic E-state index is -2.03. The molecule has 0 bridgehead atoms. The zero-order valence-corrected chi connectivity index (χ0v) is 5.21. The lowest BCUT2D eigenvalue weighted by molar-refractivity contribution is 0.578. The fourth-order valence-electron chi connectivity index (χ4n) is 0.142. The fourth-order valence-corrected chi connectivity index (χ4v) is 0.293. The molecule has 0 aliphatic heterocycles. The van der Waals surface area contributed by atoms with Crippen molar-refractivity contribution in [2.75, 3.05) is 0 Å². The SMILES string of the molecule is N/N=C/N/N=C/S(=O)O. The standard InChI is InChI=1S/C2H6N4O2S/c3-4-1-5-6-2-9(7)8/h1-2H,3H2,(H,4,5)(H,7,8)/b6-2+. The van der Waals surface area contributed by atoms with E-state index in [2.05, 4.69) is 21.5 Å². The van der Waals surface area contributed by atoms with E-state index in [1.807, 2.05) is 0 Å². The number of hydrogen-bond acceptors (Lipinski definition) is 4. The Hall–Kier alpha value is -0.950. The third-order valence-electron chi connectivity index (χ3n) is 0.350. The van der Waals surface area contributed by atoms with Gasteiger partial charge in [0.1, 0.15) is 11.9 Å². The Bertz CT molecular complexity index is 144. The van der Waals surface area contributed by atoms with E-state index in [0.29, 0.717) is 0 Å². The first kappa shape index (κ1) is 8.05. The summed E-state index contributed by atoms with van der Waals surface area (Å²) < 4.78 is 17.9. The third kappa shape index (κ3) is 7.05. The Labute approximate surface area is 54.1 Å². The van der Waals surface area contributed by atoms with E-state index in [1.54, 1.807) is 0 Å². The summed E-state index contributed by atoms with van der Waals surface area (Å²) in [5, 5.41) is 6.21. The normalized spacial score (nSPS) is 14.8. The molecule has 7 heteroatoms. The van der Waals surface area contributed by atoms with E-state index in [-0.39, 0.29) is 0 Å². The molecule has 0 radical (unpaired) electrons. The van der Waals surface area contributed by atoms with Crippen molar-refractivity contribution >= 4 is 23.0 Å². The van der Waals surface area contributed by atoms with Crippen LogP contribution in [0, 0.1) is 0 Å². The molecule has 0 aromatic rings. The minimum Gasteiger partial charge on any atom is -0.322 e. The molecule has 4 N–H and O–H groups in total. The quantitative estimate of drug-likeness (QED) is 0.152. The van der Waals surface area contributed by atoms with Crippen molar-refractivity contribution in [1.82, 2.24) is 5.43 Å². The maximum atomic E-state index is 9.81. The maximum absolute atomic E-state index is 9.81. The molecular formula is C2H6N4O2S. The van der Waals surface area contributed by atoms with E-state index in [4.69, 9.17) is 4.55 Å². The van der Waals surface area contributed by atoms with Crippen LogP contribution < -0.4 is 11.3 Å². The van der Waals surface area contributed by atoms with Crippen LogP contribution in [0.15, 0.2) is 10.2 Å². The maximum Gasteiger partial charge on any atom is 0.199 e. The third-order valence-corrected chi connectivity index (χ3v) is 0.635. The van der Waals surface area contributed by atoms with Gasteiger partial charge in [0, 0.05) is 0 Å². The predicted octanol–water partition coefficient (Wildman–Crippen LogP) is -1.36. The van der Waals surface area contributed by atoms with E-state index in [9.17, 15) is 4.21 Å². The van der Waals surface area contributed by atoms with Gasteiger partial charge in [-0.3, -0.25) is 5.43 Å². The van der Waals surface area contributed by atoms with Crippen LogP contribution in [-0.4, -0.2) is 20.6 Å². The van der Waals surface area contributed by atoms with Gasteiger partial charge in [-0.15, -0.1) is 0 Å². The molecule has 0 fully saturated rings. The molecule has 0 aliphatic rings. The number of hydrazone groups is 2. The van der Waals surface area contributed by atoms with Crippen molar-refractivity contribution < 1.29 is 8.76 Å². The van der Waals surface area contributed by atoms with Gasteiger partial charge in [0.05, 0.1) is 0 Å². The van der Waals surface area contributed by atoms with Crippen LogP contribution in [0.5, 0.6) is 0 Å². The number of rotatable bonds is 3. The average Bonchev–Trinajstić information content (AvgIpc) is 1.80. The summed E-state index contributed by atoms with van der Waals surface area (Å²) >= 11 is -2.03. The molecule has 0 saturated carbocycles. The largest absolute Gasteiger partial charge is 0.322 e. The smallest absolute Gasteiger partial charge is 0.199 e. The summed E-state index contributed by atoms with van der Waals surface area (Å²) in [4.78, 5) is 0. The summed E-state index contributed by atoms with van der Waals surface area (Å²) in [5.41, 5.74) is 2.96. The summed E-state index contributed by atoms with van der Waals surface area (Å²) in [6.45, 7) is 0. The highest BCUT2D eigenvalue weighted by atomic mass is 32.2. The molecule has 52 valence electrons. The molecule has 0 saturated heterocycles. The second kappa shape index (κ2) is 5.19. The van der Waals surface area contributed by atoms with E-state index < -0.39 is 11.1 Å². The van der Waals surface area contributed by atoms with E-state index in [0.717, 1.165) is 11.9 Å². The Morgan fingerprint density at radius 2 is 2.44 bits per heavy atom. The highest BCUT2D eigenvalue weighted by molar-refractivity contribution is 7.93. The monoisotopic (exact) mass is 150 g/mol. The lowest BCUT2D eigenvalue weighted by Gasteiger charge is -1.82. The molecule has 1 atom stereocenters. The van der Waals surface area contributed by atoms with Crippen LogP contribution in [0.25, 0.3) is 0 Å². The number of nitrogens with two attached hydrogens (primary N) is 1. The first-order valence-corrected chi connectivity index (χ1v) is 3.04. The molecule has 0 rings (SSSR count). The van der Waals surface area contributed by atoms with Crippen LogP contribution in [0.4, 0.5) is 0 Å². The molecule has 0 amide bonds. The van der Waals surface area contributed by atoms with Crippen LogP contribution >= 0.6 is 0 Å². The van der Waals surface area contributed by atoms with Gasteiger partial charge in [-0.2, -0.15) is 10.2 Å². The van der Waals surface area contributed by atoms with Crippen molar-refractivity contribution in [1.29, 1.82) is 0 Å². The molecule has 9 heavy (non-hydrogen) atoms. The van der Waals surface area contributed by atoms with Gasteiger partial charge in [0.2, 0.25) is 0 Å². The number of nitrogens with one attached hydrogen (secondary N) is 1. The minimum absolute atomic E-state index is 0.793. The second-order valence-electron chi connectivity index (χ2n) is 0.918. The lowest BCUT2D eigenvalue weighted by atomic mass is 11.3. The van der Waals surface area contributed by atoms with E-state index in [1.165, 1.54) is 0 Å². The molecule has 1 unspecified atom stereocenters. The zero-order chi connectivity index (χ0) is 7.11. The van der Waals surface area contributed by atoms with Crippen molar-refractivity contribution in [2.24, 2.45) is 16.0 Å². The summed E-state index contributed by atoms with van der Waals surface area (Å²) in [6.07, 6.45) is 1.07. The second-order valence-corrected chi connectivity index (χ2v) is 1.68. The Morgan fingerprint density at radius 1 is 1.78 bits per heavy atom. The summed E-state index contributed by atoms with van der Waals surface area (Å²) in [6, 6.07) is 0. The highest BCUT2D eigenvalue weighted by Crippen LogP contribution is 1.60. The van der Waals surface area contributed by atoms with Crippen LogP contribution in [0.3, 0.4) is 0 Å². The van der Waals surface area contributed by atoms with Crippen molar-refractivity contribution in [3.8, 4) is 0 Å².